The third-order valence-corrected chi connectivity index (χ3v) is 8.02. The number of rotatable bonds is 29. The lowest BCUT2D eigenvalue weighted by Crippen LogP contribution is -2.31. The van der Waals surface area contributed by atoms with Crippen molar-refractivity contribution in [2.75, 3.05) is 0 Å². The molecule has 0 aromatic heterocycles. The van der Waals surface area contributed by atoms with Crippen molar-refractivity contribution in [3.63, 3.8) is 0 Å². The molecule has 4 heteroatoms. The van der Waals surface area contributed by atoms with Gasteiger partial charge in [-0.05, 0) is 25.7 Å². The summed E-state index contributed by atoms with van der Waals surface area (Å²) < 4.78 is 0. The zero-order valence-electron chi connectivity index (χ0n) is 24.3. The van der Waals surface area contributed by atoms with Crippen LogP contribution in [-0.2, 0) is 9.59 Å². The molecule has 36 heavy (non-hydrogen) atoms. The van der Waals surface area contributed by atoms with E-state index in [1.807, 2.05) is 0 Å². The van der Waals surface area contributed by atoms with Crippen molar-refractivity contribution in [3.8, 4) is 0 Å². The molecule has 0 saturated heterocycles. The van der Waals surface area contributed by atoms with Crippen LogP contribution in [0.3, 0.4) is 0 Å². The summed E-state index contributed by atoms with van der Waals surface area (Å²) in [6, 6.07) is 0. The van der Waals surface area contributed by atoms with Crippen LogP contribution in [0.15, 0.2) is 0 Å². The third kappa shape index (κ3) is 21.1. The van der Waals surface area contributed by atoms with E-state index >= 15 is 0 Å². The van der Waals surface area contributed by atoms with Crippen LogP contribution in [0.4, 0.5) is 0 Å². The average molecular weight is 511 g/mol. The van der Waals surface area contributed by atoms with Crippen molar-refractivity contribution in [1.29, 1.82) is 0 Å². The Balaban J connectivity index is 4.21. The maximum Gasteiger partial charge on any atom is 0.309 e. The molecular formula is C32H62O4. The van der Waals surface area contributed by atoms with Crippen molar-refractivity contribution < 1.29 is 19.8 Å². The first-order chi connectivity index (χ1) is 17.5. The average Bonchev–Trinajstić information content (AvgIpc) is 2.85. The summed E-state index contributed by atoms with van der Waals surface area (Å²) in [4.78, 5) is 23.0. The standard InChI is InChI=1S/C32H62O4/c1-3-5-7-9-19-23-27-32(31(35)36,28-24-20-10-8-6-4-2)29-25-21-17-15-13-11-12-14-16-18-22-26-30(33)34/h3-29H2,1-2H3,(H,33,34)(H,35,36). The molecule has 4 nitrogen and oxygen atoms in total. The van der Waals surface area contributed by atoms with Crippen LogP contribution in [0.1, 0.15) is 187 Å². The van der Waals surface area contributed by atoms with E-state index in [1.54, 1.807) is 0 Å². The number of unbranched alkanes of at least 4 members (excludes halogenated alkanes) is 20. The minimum atomic E-state index is -0.680. The molecular weight excluding hydrogens is 448 g/mol. The van der Waals surface area contributed by atoms with E-state index in [0.717, 1.165) is 64.2 Å². The molecule has 0 spiro atoms. The Morgan fingerprint density at radius 2 is 0.722 bits per heavy atom. The van der Waals surface area contributed by atoms with Gasteiger partial charge in [0.1, 0.15) is 0 Å². The molecule has 0 aromatic carbocycles. The quantitative estimate of drug-likeness (QED) is 0.0981. The summed E-state index contributed by atoms with van der Waals surface area (Å²) >= 11 is 0. The normalized spacial score (nSPS) is 11.7. The Kier molecular flexibility index (Phi) is 24.8. The molecule has 0 fully saturated rings. The molecule has 0 saturated carbocycles. The predicted molar refractivity (Wildman–Crippen MR) is 154 cm³/mol. The first-order valence-corrected chi connectivity index (χ1v) is 15.9. The van der Waals surface area contributed by atoms with Gasteiger partial charge in [0.2, 0.25) is 0 Å². The molecule has 0 bridgehead atoms. The number of hydrogen-bond acceptors (Lipinski definition) is 2. The van der Waals surface area contributed by atoms with Gasteiger partial charge in [0, 0.05) is 6.42 Å². The fourth-order valence-electron chi connectivity index (χ4n) is 5.51. The lowest BCUT2D eigenvalue weighted by molar-refractivity contribution is -0.151. The van der Waals surface area contributed by atoms with E-state index in [2.05, 4.69) is 13.8 Å². The largest absolute Gasteiger partial charge is 0.481 e. The highest BCUT2D eigenvalue weighted by Gasteiger charge is 2.36. The summed E-state index contributed by atoms with van der Waals surface area (Å²) in [6.07, 6.45) is 30.3. The lowest BCUT2D eigenvalue weighted by Gasteiger charge is -2.30. The fourth-order valence-corrected chi connectivity index (χ4v) is 5.51. The maximum absolute atomic E-state index is 12.5. The molecule has 214 valence electrons. The van der Waals surface area contributed by atoms with Gasteiger partial charge in [0.05, 0.1) is 5.41 Å². The van der Waals surface area contributed by atoms with Gasteiger partial charge >= 0.3 is 11.9 Å². The minimum Gasteiger partial charge on any atom is -0.481 e. The Hall–Kier alpha value is -1.06. The molecule has 0 amide bonds. The molecule has 0 aliphatic rings. The summed E-state index contributed by atoms with van der Waals surface area (Å²) in [7, 11) is 0. The van der Waals surface area contributed by atoms with Gasteiger partial charge in [-0.1, -0.05) is 155 Å². The van der Waals surface area contributed by atoms with Crippen molar-refractivity contribution in [2.24, 2.45) is 5.41 Å². The number of hydrogen-bond donors (Lipinski definition) is 2. The fraction of sp³-hybridized carbons (Fsp3) is 0.938. The van der Waals surface area contributed by atoms with Crippen LogP contribution < -0.4 is 0 Å². The summed E-state index contributed by atoms with van der Waals surface area (Å²) in [5.74, 6) is -1.21. The number of aliphatic carboxylic acids is 2. The molecule has 0 aromatic rings. The molecule has 0 unspecified atom stereocenters. The second kappa shape index (κ2) is 25.6. The zero-order valence-corrected chi connectivity index (χ0v) is 24.3. The van der Waals surface area contributed by atoms with Crippen LogP contribution in [0.25, 0.3) is 0 Å². The van der Waals surface area contributed by atoms with E-state index in [0.29, 0.717) is 6.42 Å². The third-order valence-electron chi connectivity index (χ3n) is 8.02. The van der Waals surface area contributed by atoms with Crippen LogP contribution >= 0.6 is 0 Å². The smallest absolute Gasteiger partial charge is 0.309 e. The molecule has 2 N–H and O–H groups in total. The second-order valence-corrected chi connectivity index (χ2v) is 11.4. The molecule has 0 rings (SSSR count). The molecule has 0 heterocycles. The van der Waals surface area contributed by atoms with Gasteiger partial charge < -0.3 is 10.2 Å². The van der Waals surface area contributed by atoms with Crippen molar-refractivity contribution in [1.82, 2.24) is 0 Å². The monoisotopic (exact) mass is 510 g/mol. The van der Waals surface area contributed by atoms with Gasteiger partial charge in [0.25, 0.3) is 0 Å². The Morgan fingerprint density at radius 1 is 0.444 bits per heavy atom. The highest BCUT2D eigenvalue weighted by Crippen LogP contribution is 2.38. The van der Waals surface area contributed by atoms with Gasteiger partial charge in [-0.2, -0.15) is 0 Å². The van der Waals surface area contributed by atoms with Crippen LogP contribution in [0.5, 0.6) is 0 Å². The van der Waals surface area contributed by atoms with Gasteiger partial charge in [-0.25, -0.2) is 0 Å². The second-order valence-electron chi connectivity index (χ2n) is 11.4. The zero-order chi connectivity index (χ0) is 26.7. The highest BCUT2D eigenvalue weighted by molar-refractivity contribution is 5.74. The van der Waals surface area contributed by atoms with E-state index < -0.39 is 17.4 Å². The van der Waals surface area contributed by atoms with Gasteiger partial charge in [0.15, 0.2) is 0 Å². The van der Waals surface area contributed by atoms with Crippen LogP contribution in [-0.4, -0.2) is 22.2 Å². The van der Waals surface area contributed by atoms with E-state index in [1.165, 1.54) is 103 Å². The molecule has 0 aliphatic heterocycles. The minimum absolute atomic E-state index is 0.307. The van der Waals surface area contributed by atoms with Crippen molar-refractivity contribution in [3.05, 3.63) is 0 Å². The summed E-state index contributed by atoms with van der Waals surface area (Å²) in [6.45, 7) is 4.48. The number of carboxylic acids is 2. The Labute approximate surface area is 224 Å². The van der Waals surface area contributed by atoms with Crippen molar-refractivity contribution in [2.45, 2.75) is 187 Å². The Morgan fingerprint density at radius 3 is 1.00 bits per heavy atom. The van der Waals surface area contributed by atoms with Crippen molar-refractivity contribution >= 4 is 11.9 Å². The lowest BCUT2D eigenvalue weighted by atomic mass is 9.74. The number of carbonyl (C=O) groups is 2. The van der Waals surface area contributed by atoms with E-state index in [4.69, 9.17) is 5.11 Å². The highest BCUT2D eigenvalue weighted by atomic mass is 16.4. The maximum atomic E-state index is 12.5. The van der Waals surface area contributed by atoms with Gasteiger partial charge in [-0.15, -0.1) is 0 Å². The molecule has 0 atom stereocenters. The van der Waals surface area contributed by atoms with Gasteiger partial charge in [-0.3, -0.25) is 9.59 Å². The Bertz CT molecular complexity index is 486. The summed E-state index contributed by atoms with van der Waals surface area (Å²) in [5.41, 5.74) is -0.490. The predicted octanol–water partition coefficient (Wildman–Crippen LogP) is 10.7. The molecule has 0 aliphatic carbocycles. The first kappa shape index (κ1) is 34.9. The summed E-state index contributed by atoms with van der Waals surface area (Å²) in [5, 5.41) is 18.9. The number of carboxylic acid groups (broad SMARTS) is 2. The van der Waals surface area contributed by atoms with Crippen LogP contribution in [0, 0.1) is 5.41 Å². The first-order valence-electron chi connectivity index (χ1n) is 15.9. The van der Waals surface area contributed by atoms with Crippen LogP contribution in [0.2, 0.25) is 0 Å². The SMILES string of the molecule is CCCCCCCCC(CCCCCCCC)(CCCCCCCCCCCCCC(=O)O)C(=O)O. The molecule has 0 radical (unpaired) electrons. The van der Waals surface area contributed by atoms with E-state index in [-0.39, 0.29) is 0 Å². The van der Waals surface area contributed by atoms with E-state index in [9.17, 15) is 14.7 Å². The topological polar surface area (TPSA) is 74.6 Å².